The first-order valence-electron chi connectivity index (χ1n) is 5.32. The second-order valence-corrected chi connectivity index (χ2v) is 3.50. The standard InChI is InChI=1S/C11H17NO3/c1-2-15-10(13)8-12-11(14)9-6-4-3-5-7-9/h3-4,9H,2,5-8H2,1H3,(H,12,14). The molecule has 0 radical (unpaired) electrons. The molecule has 1 aliphatic rings. The molecular formula is C11H17NO3. The summed E-state index contributed by atoms with van der Waals surface area (Å²) in [6.07, 6.45) is 6.67. The van der Waals surface area contributed by atoms with Gasteiger partial charge in [0.15, 0.2) is 0 Å². The van der Waals surface area contributed by atoms with Crippen molar-refractivity contribution in [2.24, 2.45) is 5.92 Å². The van der Waals surface area contributed by atoms with E-state index in [9.17, 15) is 9.59 Å². The Kier molecular flexibility index (Phi) is 4.87. The van der Waals surface area contributed by atoms with Crippen molar-refractivity contribution in [2.75, 3.05) is 13.2 Å². The fourth-order valence-electron chi connectivity index (χ4n) is 1.55. The van der Waals surface area contributed by atoms with Crippen LogP contribution in [0.3, 0.4) is 0 Å². The van der Waals surface area contributed by atoms with Crippen LogP contribution in [0.1, 0.15) is 26.2 Å². The van der Waals surface area contributed by atoms with Gasteiger partial charge in [-0.05, 0) is 26.2 Å². The van der Waals surface area contributed by atoms with Crippen LogP contribution in [0.5, 0.6) is 0 Å². The van der Waals surface area contributed by atoms with Crippen LogP contribution in [-0.2, 0) is 14.3 Å². The Morgan fingerprint density at radius 3 is 2.87 bits per heavy atom. The van der Waals surface area contributed by atoms with E-state index in [2.05, 4.69) is 11.4 Å². The van der Waals surface area contributed by atoms with Gasteiger partial charge in [0.05, 0.1) is 6.61 Å². The van der Waals surface area contributed by atoms with Crippen molar-refractivity contribution >= 4 is 11.9 Å². The van der Waals surface area contributed by atoms with Crippen LogP contribution in [0.25, 0.3) is 0 Å². The van der Waals surface area contributed by atoms with E-state index in [-0.39, 0.29) is 24.3 Å². The van der Waals surface area contributed by atoms with Gasteiger partial charge >= 0.3 is 5.97 Å². The molecule has 0 aromatic carbocycles. The molecule has 4 heteroatoms. The number of esters is 1. The van der Waals surface area contributed by atoms with Crippen LogP contribution in [0.2, 0.25) is 0 Å². The minimum atomic E-state index is -0.378. The smallest absolute Gasteiger partial charge is 0.325 e. The van der Waals surface area contributed by atoms with Crippen molar-refractivity contribution in [3.05, 3.63) is 12.2 Å². The van der Waals surface area contributed by atoms with E-state index in [0.29, 0.717) is 6.61 Å². The van der Waals surface area contributed by atoms with Crippen LogP contribution >= 0.6 is 0 Å². The molecular weight excluding hydrogens is 194 g/mol. The molecule has 0 saturated heterocycles. The van der Waals surface area contributed by atoms with Crippen LogP contribution in [-0.4, -0.2) is 25.0 Å². The average Bonchev–Trinajstić information content (AvgIpc) is 2.27. The highest BCUT2D eigenvalue weighted by molar-refractivity contribution is 5.83. The second kappa shape index (κ2) is 6.22. The normalized spacial score (nSPS) is 19.7. The molecule has 1 N–H and O–H groups in total. The summed E-state index contributed by atoms with van der Waals surface area (Å²) in [6, 6.07) is 0. The molecule has 0 saturated carbocycles. The largest absolute Gasteiger partial charge is 0.465 e. The van der Waals surface area contributed by atoms with E-state index >= 15 is 0 Å². The third kappa shape index (κ3) is 4.14. The van der Waals surface area contributed by atoms with E-state index < -0.39 is 0 Å². The zero-order chi connectivity index (χ0) is 11.1. The van der Waals surface area contributed by atoms with Gasteiger partial charge in [0.1, 0.15) is 6.54 Å². The highest BCUT2D eigenvalue weighted by Crippen LogP contribution is 2.17. The Morgan fingerprint density at radius 2 is 2.27 bits per heavy atom. The van der Waals surface area contributed by atoms with Crippen molar-refractivity contribution in [3.63, 3.8) is 0 Å². The molecule has 0 aromatic rings. The number of ether oxygens (including phenoxy) is 1. The van der Waals surface area contributed by atoms with Crippen LogP contribution in [0, 0.1) is 5.92 Å². The van der Waals surface area contributed by atoms with Crippen LogP contribution in [0.4, 0.5) is 0 Å². The predicted molar refractivity (Wildman–Crippen MR) is 56.1 cm³/mol. The Balaban J connectivity index is 2.23. The predicted octanol–water partition coefficient (Wildman–Crippen LogP) is 1.02. The van der Waals surface area contributed by atoms with Gasteiger partial charge < -0.3 is 10.1 Å². The number of carbonyl (C=O) groups excluding carboxylic acids is 2. The monoisotopic (exact) mass is 211 g/mol. The Morgan fingerprint density at radius 1 is 1.47 bits per heavy atom. The second-order valence-electron chi connectivity index (χ2n) is 3.50. The molecule has 0 spiro atoms. The minimum Gasteiger partial charge on any atom is -0.465 e. The van der Waals surface area contributed by atoms with Gasteiger partial charge in [-0.25, -0.2) is 0 Å². The number of nitrogens with one attached hydrogen (secondary N) is 1. The van der Waals surface area contributed by atoms with Crippen molar-refractivity contribution < 1.29 is 14.3 Å². The maximum absolute atomic E-state index is 11.6. The number of amides is 1. The lowest BCUT2D eigenvalue weighted by atomic mass is 9.94. The fraction of sp³-hybridized carbons (Fsp3) is 0.636. The lowest BCUT2D eigenvalue weighted by Gasteiger charge is -2.16. The maximum atomic E-state index is 11.6. The molecule has 1 rings (SSSR count). The summed E-state index contributed by atoms with van der Waals surface area (Å²) in [7, 11) is 0. The van der Waals surface area contributed by atoms with E-state index in [0.717, 1.165) is 19.3 Å². The SMILES string of the molecule is CCOC(=O)CNC(=O)C1CC=CCC1. The molecule has 0 aromatic heterocycles. The molecule has 0 fully saturated rings. The topological polar surface area (TPSA) is 55.4 Å². The summed E-state index contributed by atoms with van der Waals surface area (Å²) in [5, 5.41) is 2.59. The zero-order valence-corrected chi connectivity index (χ0v) is 8.99. The van der Waals surface area contributed by atoms with Gasteiger partial charge in [-0.1, -0.05) is 12.2 Å². The molecule has 1 atom stereocenters. The van der Waals surface area contributed by atoms with Crippen molar-refractivity contribution in [1.29, 1.82) is 0 Å². The molecule has 0 heterocycles. The summed E-state index contributed by atoms with van der Waals surface area (Å²) < 4.78 is 4.71. The summed E-state index contributed by atoms with van der Waals surface area (Å²) in [5.74, 6) is -0.408. The van der Waals surface area contributed by atoms with Gasteiger partial charge in [-0.15, -0.1) is 0 Å². The number of rotatable bonds is 4. The number of hydrogen-bond donors (Lipinski definition) is 1. The van der Waals surface area contributed by atoms with E-state index in [1.165, 1.54) is 0 Å². The fourth-order valence-corrected chi connectivity index (χ4v) is 1.55. The van der Waals surface area contributed by atoms with Crippen molar-refractivity contribution in [3.8, 4) is 0 Å². The lowest BCUT2D eigenvalue weighted by Crippen LogP contribution is -2.35. The van der Waals surface area contributed by atoms with Gasteiger partial charge in [0, 0.05) is 5.92 Å². The molecule has 1 amide bonds. The number of carbonyl (C=O) groups is 2. The average molecular weight is 211 g/mol. The van der Waals surface area contributed by atoms with Crippen LogP contribution in [0.15, 0.2) is 12.2 Å². The molecule has 0 aliphatic heterocycles. The van der Waals surface area contributed by atoms with Gasteiger partial charge in [-0.2, -0.15) is 0 Å². The summed E-state index contributed by atoms with van der Waals surface area (Å²) >= 11 is 0. The Labute approximate surface area is 89.7 Å². The summed E-state index contributed by atoms with van der Waals surface area (Å²) in [6.45, 7) is 2.07. The lowest BCUT2D eigenvalue weighted by molar-refractivity contribution is -0.143. The molecule has 15 heavy (non-hydrogen) atoms. The third-order valence-electron chi connectivity index (χ3n) is 2.35. The summed E-state index contributed by atoms with van der Waals surface area (Å²) in [4.78, 5) is 22.5. The Bertz CT molecular complexity index is 261. The van der Waals surface area contributed by atoms with E-state index in [1.54, 1.807) is 6.92 Å². The first-order valence-corrected chi connectivity index (χ1v) is 5.32. The van der Waals surface area contributed by atoms with Gasteiger partial charge in [0.25, 0.3) is 0 Å². The summed E-state index contributed by atoms with van der Waals surface area (Å²) in [5.41, 5.74) is 0. The minimum absolute atomic E-state index is 0.0180. The first-order chi connectivity index (χ1) is 7.24. The molecule has 1 unspecified atom stereocenters. The van der Waals surface area contributed by atoms with Crippen LogP contribution < -0.4 is 5.32 Å². The zero-order valence-electron chi connectivity index (χ0n) is 8.99. The van der Waals surface area contributed by atoms with Gasteiger partial charge in [-0.3, -0.25) is 9.59 Å². The van der Waals surface area contributed by atoms with E-state index in [4.69, 9.17) is 4.74 Å². The highest BCUT2D eigenvalue weighted by Gasteiger charge is 2.18. The van der Waals surface area contributed by atoms with Gasteiger partial charge in [0.2, 0.25) is 5.91 Å². The van der Waals surface area contributed by atoms with Crippen molar-refractivity contribution in [1.82, 2.24) is 5.32 Å². The molecule has 4 nitrogen and oxygen atoms in total. The molecule has 1 aliphatic carbocycles. The number of hydrogen-bond acceptors (Lipinski definition) is 3. The maximum Gasteiger partial charge on any atom is 0.325 e. The Hall–Kier alpha value is -1.32. The van der Waals surface area contributed by atoms with Crippen molar-refractivity contribution in [2.45, 2.75) is 26.2 Å². The molecule has 84 valence electrons. The number of allylic oxidation sites excluding steroid dienone is 2. The quantitative estimate of drug-likeness (QED) is 0.558. The molecule has 0 bridgehead atoms. The highest BCUT2D eigenvalue weighted by atomic mass is 16.5. The first kappa shape index (κ1) is 11.8. The third-order valence-corrected chi connectivity index (χ3v) is 2.35. The van der Waals surface area contributed by atoms with E-state index in [1.807, 2.05) is 6.08 Å².